The number of fused-ring (bicyclic) bond motifs is 1. The van der Waals surface area contributed by atoms with Gasteiger partial charge < -0.3 is 15.5 Å². The Hall–Kier alpha value is -3.26. The third-order valence-corrected chi connectivity index (χ3v) is 5.05. The number of hydrogen-bond acceptors (Lipinski definition) is 6. The zero-order valence-corrected chi connectivity index (χ0v) is 16.2. The fourth-order valence-corrected chi connectivity index (χ4v) is 3.47. The minimum absolute atomic E-state index is 0.0281. The summed E-state index contributed by atoms with van der Waals surface area (Å²) in [7, 11) is 0. The molecule has 0 aliphatic carbocycles. The predicted molar refractivity (Wildman–Crippen MR) is 111 cm³/mol. The lowest BCUT2D eigenvalue weighted by molar-refractivity contribution is -0.117. The van der Waals surface area contributed by atoms with E-state index in [-0.39, 0.29) is 22.7 Å². The molecule has 0 saturated carbocycles. The summed E-state index contributed by atoms with van der Waals surface area (Å²) in [6.45, 7) is 4.86. The Morgan fingerprint density at radius 1 is 1.34 bits per heavy atom. The molecule has 148 valence electrons. The van der Waals surface area contributed by atoms with Crippen LogP contribution in [-0.2, 0) is 4.79 Å². The van der Waals surface area contributed by atoms with Gasteiger partial charge >= 0.3 is 0 Å². The molecule has 2 aromatic heterocycles. The summed E-state index contributed by atoms with van der Waals surface area (Å²) in [5, 5.41) is 6.63. The number of amides is 1. The Morgan fingerprint density at radius 3 is 3.03 bits per heavy atom. The van der Waals surface area contributed by atoms with Crippen molar-refractivity contribution in [3.8, 4) is 0 Å². The number of aromatic nitrogens is 3. The number of nitrogens with zero attached hydrogens (tertiary/aromatic N) is 4. The van der Waals surface area contributed by atoms with Crippen molar-refractivity contribution in [2.45, 2.75) is 12.5 Å². The van der Waals surface area contributed by atoms with Gasteiger partial charge in [0.15, 0.2) is 5.82 Å². The van der Waals surface area contributed by atoms with Gasteiger partial charge in [0, 0.05) is 24.5 Å². The Balaban J connectivity index is 1.62. The van der Waals surface area contributed by atoms with Gasteiger partial charge in [-0.3, -0.25) is 4.79 Å². The third kappa shape index (κ3) is 3.97. The fraction of sp³-hybridized carbons (Fsp3) is 0.200. The predicted octanol–water partition coefficient (Wildman–Crippen LogP) is 3.44. The zero-order chi connectivity index (χ0) is 20.4. The maximum absolute atomic E-state index is 14.3. The molecule has 29 heavy (non-hydrogen) atoms. The molecule has 3 heterocycles. The Kier molecular flexibility index (Phi) is 5.26. The fourth-order valence-electron chi connectivity index (χ4n) is 3.29. The van der Waals surface area contributed by atoms with Gasteiger partial charge in [-0.05, 0) is 30.7 Å². The largest absolute Gasteiger partial charge is 0.354 e. The summed E-state index contributed by atoms with van der Waals surface area (Å²) in [5.41, 5.74) is 0.855. The van der Waals surface area contributed by atoms with Crippen LogP contribution in [0.3, 0.4) is 0 Å². The number of carbonyl (C=O) groups excluding carboxylic acids is 1. The molecule has 1 atom stereocenters. The van der Waals surface area contributed by atoms with Crippen molar-refractivity contribution >= 4 is 45.7 Å². The molecule has 1 unspecified atom stereocenters. The summed E-state index contributed by atoms with van der Waals surface area (Å²) in [4.78, 5) is 26.6. The lowest BCUT2D eigenvalue weighted by Crippen LogP contribution is -2.36. The van der Waals surface area contributed by atoms with E-state index in [4.69, 9.17) is 11.6 Å². The second-order valence-electron chi connectivity index (χ2n) is 6.65. The maximum Gasteiger partial charge on any atom is 0.243 e. The van der Waals surface area contributed by atoms with Crippen molar-refractivity contribution in [3.63, 3.8) is 0 Å². The van der Waals surface area contributed by atoms with Gasteiger partial charge in [-0.1, -0.05) is 24.2 Å². The highest BCUT2D eigenvalue weighted by molar-refractivity contribution is 6.31. The SMILES string of the molecule is C=CC(=O)NC1CCN(c2cc3c(Nc4cccc(Cl)c4F)ncnc3cn2)C1. The monoisotopic (exact) mass is 412 g/mol. The average molecular weight is 413 g/mol. The van der Waals surface area contributed by atoms with Crippen LogP contribution >= 0.6 is 11.6 Å². The number of carbonyl (C=O) groups is 1. The molecule has 2 N–H and O–H groups in total. The molecule has 1 aliphatic heterocycles. The number of halogens is 2. The molecule has 3 aromatic rings. The number of anilines is 3. The summed E-state index contributed by atoms with van der Waals surface area (Å²) in [6, 6.07) is 6.62. The first-order valence-corrected chi connectivity index (χ1v) is 9.42. The van der Waals surface area contributed by atoms with Gasteiger partial charge in [-0.25, -0.2) is 19.3 Å². The van der Waals surface area contributed by atoms with E-state index in [1.165, 1.54) is 18.5 Å². The number of nitrogens with one attached hydrogen (secondary N) is 2. The topological polar surface area (TPSA) is 83.0 Å². The summed E-state index contributed by atoms with van der Waals surface area (Å²) < 4.78 is 14.3. The van der Waals surface area contributed by atoms with Gasteiger partial charge in [0.2, 0.25) is 5.91 Å². The molecular weight excluding hydrogens is 395 g/mol. The third-order valence-electron chi connectivity index (χ3n) is 4.76. The van der Waals surface area contributed by atoms with Crippen molar-refractivity contribution in [2.75, 3.05) is 23.3 Å². The van der Waals surface area contributed by atoms with E-state index in [9.17, 15) is 9.18 Å². The zero-order valence-electron chi connectivity index (χ0n) is 15.4. The Labute approximate surface area is 171 Å². The smallest absolute Gasteiger partial charge is 0.243 e. The maximum atomic E-state index is 14.3. The van der Waals surface area contributed by atoms with E-state index in [2.05, 4.69) is 37.1 Å². The van der Waals surface area contributed by atoms with Crippen molar-refractivity contribution in [3.05, 3.63) is 60.3 Å². The molecule has 1 amide bonds. The summed E-state index contributed by atoms with van der Waals surface area (Å²) >= 11 is 5.87. The lowest BCUT2D eigenvalue weighted by atomic mass is 10.2. The highest BCUT2D eigenvalue weighted by atomic mass is 35.5. The molecule has 4 rings (SSSR count). The van der Waals surface area contributed by atoms with E-state index in [0.29, 0.717) is 23.3 Å². The average Bonchev–Trinajstić information content (AvgIpc) is 3.19. The van der Waals surface area contributed by atoms with Crippen LogP contribution in [0.4, 0.5) is 21.7 Å². The number of hydrogen-bond donors (Lipinski definition) is 2. The molecule has 9 heteroatoms. The van der Waals surface area contributed by atoms with Crippen LogP contribution < -0.4 is 15.5 Å². The normalized spacial score (nSPS) is 16.1. The van der Waals surface area contributed by atoms with Crippen LogP contribution in [-0.4, -0.2) is 40.0 Å². The van der Waals surface area contributed by atoms with Crippen LogP contribution in [0, 0.1) is 5.82 Å². The van der Waals surface area contributed by atoms with Crippen LogP contribution in [0.2, 0.25) is 5.02 Å². The van der Waals surface area contributed by atoms with Crippen LogP contribution in [0.1, 0.15) is 6.42 Å². The first-order chi connectivity index (χ1) is 14.0. The summed E-state index contributed by atoms with van der Waals surface area (Å²) in [6.07, 6.45) is 5.12. The molecule has 0 radical (unpaired) electrons. The van der Waals surface area contributed by atoms with Crippen LogP contribution in [0.15, 0.2) is 49.4 Å². The van der Waals surface area contributed by atoms with Crippen molar-refractivity contribution in [2.24, 2.45) is 0 Å². The molecule has 0 bridgehead atoms. The van der Waals surface area contributed by atoms with Crippen LogP contribution in [0.5, 0.6) is 0 Å². The first kappa shape index (κ1) is 19.1. The molecular formula is C20H18ClFN6O. The van der Waals surface area contributed by atoms with E-state index in [0.717, 1.165) is 18.8 Å². The van der Waals surface area contributed by atoms with Gasteiger partial charge in [0.1, 0.15) is 18.0 Å². The number of rotatable bonds is 5. The quantitative estimate of drug-likeness (QED) is 0.624. The number of benzene rings is 1. The lowest BCUT2D eigenvalue weighted by Gasteiger charge is -2.18. The molecule has 7 nitrogen and oxygen atoms in total. The molecule has 1 aliphatic rings. The molecule has 1 fully saturated rings. The molecule has 0 spiro atoms. The standard InChI is InChI=1S/C20H18ClFN6O/c1-2-18(29)26-12-6-7-28(10-12)17-8-13-16(9-23-17)24-11-25-20(13)27-15-5-3-4-14(21)19(15)22/h2-5,8-9,11-12H,1,6-7,10H2,(H,26,29)(H,24,25,27). The Bertz CT molecular complexity index is 1090. The highest BCUT2D eigenvalue weighted by Crippen LogP contribution is 2.29. The molecule has 1 aromatic carbocycles. The Morgan fingerprint density at radius 2 is 2.21 bits per heavy atom. The van der Waals surface area contributed by atoms with E-state index < -0.39 is 5.82 Å². The van der Waals surface area contributed by atoms with E-state index in [1.54, 1.807) is 18.3 Å². The van der Waals surface area contributed by atoms with Gasteiger partial charge in [0.05, 0.1) is 22.4 Å². The second kappa shape index (κ2) is 8.00. The van der Waals surface area contributed by atoms with Crippen molar-refractivity contribution in [1.82, 2.24) is 20.3 Å². The molecule has 1 saturated heterocycles. The van der Waals surface area contributed by atoms with Gasteiger partial charge in [-0.15, -0.1) is 0 Å². The minimum Gasteiger partial charge on any atom is -0.354 e. The first-order valence-electron chi connectivity index (χ1n) is 9.05. The van der Waals surface area contributed by atoms with Crippen molar-refractivity contribution < 1.29 is 9.18 Å². The van der Waals surface area contributed by atoms with Gasteiger partial charge in [0.25, 0.3) is 0 Å². The van der Waals surface area contributed by atoms with Crippen LogP contribution in [0.25, 0.3) is 10.9 Å². The number of pyridine rings is 1. The van der Waals surface area contributed by atoms with E-state index in [1.807, 2.05) is 6.07 Å². The highest BCUT2D eigenvalue weighted by Gasteiger charge is 2.24. The van der Waals surface area contributed by atoms with Gasteiger partial charge in [-0.2, -0.15) is 0 Å². The minimum atomic E-state index is -0.546. The van der Waals surface area contributed by atoms with Crippen molar-refractivity contribution in [1.29, 1.82) is 0 Å². The van der Waals surface area contributed by atoms with E-state index >= 15 is 0 Å². The second-order valence-corrected chi connectivity index (χ2v) is 7.06. The summed E-state index contributed by atoms with van der Waals surface area (Å²) in [5.74, 6) is 0.454.